The smallest absolute Gasteiger partial charge is 0.246 e. The summed E-state index contributed by atoms with van der Waals surface area (Å²) in [5.74, 6) is 0.278. The van der Waals surface area contributed by atoms with Gasteiger partial charge in [0.2, 0.25) is 15.9 Å². The van der Waals surface area contributed by atoms with E-state index in [0.717, 1.165) is 24.2 Å². The number of nitrogens with one attached hydrogen (secondary N) is 1. The zero-order valence-electron chi connectivity index (χ0n) is 16.8. The number of thioether (sulfide) groups is 1. The summed E-state index contributed by atoms with van der Waals surface area (Å²) >= 11 is 7.25. The number of amides is 1. The molecule has 6 nitrogen and oxygen atoms in total. The fraction of sp³-hybridized carbons (Fsp3) is 0.381. The van der Waals surface area contributed by atoms with Crippen LogP contribution in [0, 0.1) is 0 Å². The number of benzene rings is 2. The SMILES string of the molecule is CCOc1ccc(NC(=O)CSc2ccc(Cl)cc2)cc1S(=O)(=O)N1CCCCC1. The van der Waals surface area contributed by atoms with Gasteiger partial charge in [-0.05, 0) is 62.2 Å². The molecule has 0 saturated carbocycles. The summed E-state index contributed by atoms with van der Waals surface area (Å²) in [5, 5.41) is 3.42. The van der Waals surface area contributed by atoms with Crippen LogP contribution in [-0.2, 0) is 14.8 Å². The molecule has 1 fully saturated rings. The molecule has 1 saturated heterocycles. The fourth-order valence-electron chi connectivity index (χ4n) is 3.18. The Balaban J connectivity index is 1.74. The van der Waals surface area contributed by atoms with Crippen LogP contribution in [0.25, 0.3) is 0 Å². The number of nitrogens with zero attached hydrogens (tertiary/aromatic N) is 1. The summed E-state index contributed by atoms with van der Waals surface area (Å²) in [6.07, 6.45) is 2.73. The molecule has 0 atom stereocenters. The lowest BCUT2D eigenvalue weighted by Gasteiger charge is -2.27. The van der Waals surface area contributed by atoms with E-state index in [2.05, 4.69) is 5.32 Å². The Morgan fingerprint density at radius 3 is 2.50 bits per heavy atom. The van der Waals surface area contributed by atoms with Crippen molar-refractivity contribution in [1.29, 1.82) is 0 Å². The van der Waals surface area contributed by atoms with Gasteiger partial charge in [-0.3, -0.25) is 4.79 Å². The number of rotatable bonds is 8. The van der Waals surface area contributed by atoms with E-state index in [9.17, 15) is 13.2 Å². The first kappa shape index (κ1) is 22.9. The monoisotopic (exact) mass is 468 g/mol. The second kappa shape index (κ2) is 10.5. The van der Waals surface area contributed by atoms with Crippen LogP contribution in [0.5, 0.6) is 5.75 Å². The van der Waals surface area contributed by atoms with Gasteiger partial charge in [0.15, 0.2) is 0 Å². The molecule has 0 unspecified atom stereocenters. The van der Waals surface area contributed by atoms with Crippen molar-refractivity contribution in [3.63, 3.8) is 0 Å². The van der Waals surface area contributed by atoms with Gasteiger partial charge in [0.25, 0.3) is 0 Å². The maximum atomic E-state index is 13.2. The Morgan fingerprint density at radius 2 is 1.83 bits per heavy atom. The minimum absolute atomic E-state index is 0.0920. The molecule has 9 heteroatoms. The number of carbonyl (C=O) groups is 1. The number of hydrogen-bond acceptors (Lipinski definition) is 5. The number of piperidine rings is 1. The van der Waals surface area contributed by atoms with E-state index < -0.39 is 10.0 Å². The summed E-state index contributed by atoms with van der Waals surface area (Å²) in [4.78, 5) is 13.4. The van der Waals surface area contributed by atoms with Crippen LogP contribution in [0.4, 0.5) is 5.69 Å². The molecule has 1 heterocycles. The first-order valence-electron chi connectivity index (χ1n) is 9.85. The van der Waals surface area contributed by atoms with Crippen molar-refractivity contribution in [2.45, 2.75) is 36.0 Å². The molecule has 30 heavy (non-hydrogen) atoms. The predicted molar refractivity (Wildman–Crippen MR) is 121 cm³/mol. The van der Waals surface area contributed by atoms with Gasteiger partial charge in [-0.25, -0.2) is 8.42 Å². The van der Waals surface area contributed by atoms with Gasteiger partial charge in [-0.15, -0.1) is 11.8 Å². The van der Waals surface area contributed by atoms with E-state index in [-0.39, 0.29) is 16.6 Å². The van der Waals surface area contributed by atoms with Crippen molar-refractivity contribution in [3.05, 3.63) is 47.5 Å². The topological polar surface area (TPSA) is 75.7 Å². The summed E-state index contributed by atoms with van der Waals surface area (Å²) in [7, 11) is -3.69. The van der Waals surface area contributed by atoms with Crippen molar-refractivity contribution in [1.82, 2.24) is 4.31 Å². The largest absolute Gasteiger partial charge is 0.492 e. The highest BCUT2D eigenvalue weighted by Gasteiger charge is 2.29. The molecule has 0 aromatic heterocycles. The average molecular weight is 469 g/mol. The minimum Gasteiger partial charge on any atom is -0.492 e. The Morgan fingerprint density at radius 1 is 1.13 bits per heavy atom. The first-order valence-corrected chi connectivity index (χ1v) is 12.7. The number of halogens is 1. The molecule has 1 amide bonds. The third-order valence-electron chi connectivity index (χ3n) is 4.64. The van der Waals surface area contributed by atoms with Gasteiger partial charge in [0, 0.05) is 28.7 Å². The van der Waals surface area contributed by atoms with Crippen LogP contribution < -0.4 is 10.1 Å². The van der Waals surface area contributed by atoms with Crippen molar-refractivity contribution in [2.75, 3.05) is 30.8 Å². The first-order chi connectivity index (χ1) is 14.4. The number of hydrogen-bond donors (Lipinski definition) is 1. The highest BCUT2D eigenvalue weighted by atomic mass is 35.5. The molecule has 3 rings (SSSR count). The van der Waals surface area contributed by atoms with Gasteiger partial charge in [-0.2, -0.15) is 4.31 Å². The van der Waals surface area contributed by atoms with Crippen LogP contribution >= 0.6 is 23.4 Å². The Hall–Kier alpha value is -1.74. The Labute approximate surface area is 187 Å². The molecular weight excluding hydrogens is 444 g/mol. The predicted octanol–water partition coefficient (Wildman–Crippen LogP) is 4.64. The van der Waals surface area contributed by atoms with E-state index in [1.165, 1.54) is 22.1 Å². The van der Waals surface area contributed by atoms with Crippen molar-refractivity contribution in [2.24, 2.45) is 0 Å². The molecule has 2 aromatic carbocycles. The van der Waals surface area contributed by atoms with Crippen LogP contribution in [-0.4, -0.2) is 44.1 Å². The molecule has 0 bridgehead atoms. The van der Waals surface area contributed by atoms with E-state index >= 15 is 0 Å². The lowest BCUT2D eigenvalue weighted by Crippen LogP contribution is -2.35. The molecule has 2 aromatic rings. The maximum absolute atomic E-state index is 13.2. The van der Waals surface area contributed by atoms with Crippen molar-refractivity contribution < 1.29 is 17.9 Å². The van der Waals surface area contributed by atoms with E-state index in [0.29, 0.717) is 36.2 Å². The third kappa shape index (κ3) is 5.91. The molecule has 1 N–H and O–H groups in total. The molecule has 0 aliphatic carbocycles. The Kier molecular flexibility index (Phi) is 8.05. The second-order valence-electron chi connectivity index (χ2n) is 6.85. The summed E-state index contributed by atoms with van der Waals surface area (Å²) in [6.45, 7) is 3.16. The lowest BCUT2D eigenvalue weighted by molar-refractivity contribution is -0.113. The van der Waals surface area contributed by atoms with E-state index in [1.54, 1.807) is 31.2 Å². The van der Waals surface area contributed by atoms with Gasteiger partial charge in [-0.1, -0.05) is 18.0 Å². The molecular formula is C21H25ClN2O4S2. The maximum Gasteiger partial charge on any atom is 0.246 e. The summed E-state index contributed by atoms with van der Waals surface area (Å²) < 4.78 is 33.4. The summed E-state index contributed by atoms with van der Waals surface area (Å²) in [6, 6.07) is 12.0. The van der Waals surface area contributed by atoms with Crippen LogP contribution in [0.15, 0.2) is 52.3 Å². The van der Waals surface area contributed by atoms with Crippen LogP contribution in [0.1, 0.15) is 26.2 Å². The number of sulfonamides is 1. The highest BCUT2D eigenvalue weighted by molar-refractivity contribution is 8.00. The number of anilines is 1. The summed E-state index contributed by atoms with van der Waals surface area (Å²) in [5.41, 5.74) is 0.427. The van der Waals surface area contributed by atoms with Crippen LogP contribution in [0.2, 0.25) is 5.02 Å². The molecule has 0 spiro atoms. The Bertz CT molecular complexity index is 975. The third-order valence-corrected chi connectivity index (χ3v) is 7.83. The van der Waals surface area contributed by atoms with Crippen molar-refractivity contribution in [3.8, 4) is 5.75 Å². The van der Waals surface area contributed by atoms with Gasteiger partial charge < -0.3 is 10.1 Å². The standard InChI is InChI=1S/C21H25ClN2O4S2/c1-2-28-19-11-8-17(14-20(19)30(26,27)24-12-4-3-5-13-24)23-21(25)15-29-18-9-6-16(22)7-10-18/h6-11,14H,2-5,12-13,15H2,1H3,(H,23,25). The van der Waals surface area contributed by atoms with Crippen LogP contribution in [0.3, 0.4) is 0 Å². The number of ether oxygens (including phenoxy) is 1. The second-order valence-corrected chi connectivity index (χ2v) is 10.2. The minimum atomic E-state index is -3.69. The molecule has 1 aliphatic heterocycles. The molecule has 1 aliphatic rings. The van der Waals surface area contributed by atoms with Gasteiger partial charge >= 0.3 is 0 Å². The zero-order valence-corrected chi connectivity index (χ0v) is 19.2. The zero-order chi connectivity index (χ0) is 21.6. The lowest BCUT2D eigenvalue weighted by atomic mass is 10.2. The van der Waals surface area contributed by atoms with Gasteiger partial charge in [0.05, 0.1) is 12.4 Å². The van der Waals surface area contributed by atoms with Gasteiger partial charge in [0.1, 0.15) is 10.6 Å². The quantitative estimate of drug-likeness (QED) is 0.571. The van der Waals surface area contributed by atoms with E-state index in [1.807, 2.05) is 12.1 Å². The number of carbonyl (C=O) groups excluding carboxylic acids is 1. The van der Waals surface area contributed by atoms with Crippen molar-refractivity contribution >= 4 is 45.0 Å². The molecule has 0 radical (unpaired) electrons. The fourth-order valence-corrected chi connectivity index (χ4v) is 5.68. The molecule has 162 valence electrons. The average Bonchev–Trinajstić information content (AvgIpc) is 2.75. The normalized spacial score (nSPS) is 15.0. The van der Waals surface area contributed by atoms with E-state index in [4.69, 9.17) is 16.3 Å². The highest BCUT2D eigenvalue weighted by Crippen LogP contribution is 2.31.